The summed E-state index contributed by atoms with van der Waals surface area (Å²) in [5.74, 6) is 0.259. The van der Waals surface area contributed by atoms with E-state index >= 15 is 0 Å². The van der Waals surface area contributed by atoms with Gasteiger partial charge in [-0.05, 0) is 38.4 Å². The van der Waals surface area contributed by atoms with Crippen LogP contribution in [0.3, 0.4) is 0 Å². The summed E-state index contributed by atoms with van der Waals surface area (Å²) in [7, 11) is 0. The number of benzene rings is 1. The lowest BCUT2D eigenvalue weighted by Crippen LogP contribution is -2.43. The Morgan fingerprint density at radius 2 is 2.38 bits per heavy atom. The molecule has 1 aromatic carbocycles. The molecule has 1 aliphatic rings. The first kappa shape index (κ1) is 17.7. The number of piperidine rings is 1. The fourth-order valence-electron chi connectivity index (χ4n) is 2.28. The summed E-state index contributed by atoms with van der Waals surface area (Å²) in [6.07, 6.45) is 1.77. The van der Waals surface area contributed by atoms with Gasteiger partial charge in [0.2, 0.25) is 5.91 Å². The third-order valence-electron chi connectivity index (χ3n) is 3.36. The van der Waals surface area contributed by atoms with Crippen molar-refractivity contribution < 1.29 is 13.9 Å². The van der Waals surface area contributed by atoms with E-state index in [-0.39, 0.29) is 36.2 Å². The molecule has 0 saturated carbocycles. The molecule has 1 fully saturated rings. The zero-order valence-electron chi connectivity index (χ0n) is 12.1. The number of amides is 1. The first-order valence-electron chi connectivity index (χ1n) is 7.06. The lowest BCUT2D eigenvalue weighted by Gasteiger charge is -2.23. The molecule has 4 nitrogen and oxygen atoms in total. The third-order valence-corrected chi connectivity index (χ3v) is 3.36. The number of ether oxygens (including phenoxy) is 1. The molecular formula is C15H22ClFN2O2. The van der Waals surface area contributed by atoms with Crippen molar-refractivity contribution in [3.05, 3.63) is 30.1 Å². The van der Waals surface area contributed by atoms with Crippen molar-refractivity contribution in [2.45, 2.75) is 25.9 Å². The normalized spacial score (nSPS) is 19.2. The minimum atomic E-state index is -0.327. The molecule has 0 bridgehead atoms. The smallest absolute Gasteiger partial charge is 0.224 e. The van der Waals surface area contributed by atoms with E-state index in [1.165, 1.54) is 12.1 Å². The summed E-state index contributed by atoms with van der Waals surface area (Å²) in [6.45, 7) is 4.00. The highest BCUT2D eigenvalue weighted by molar-refractivity contribution is 5.85. The topological polar surface area (TPSA) is 50.4 Å². The standard InChI is InChI=1S/C15H21FN2O2.ClH/c1-11(20-14-6-2-5-13(16)8-14)9-18-15(19)12-4-3-7-17-10-12;/h2,5-6,8,11-12,17H,3-4,7,9-10H2,1H3,(H,18,19);1H. The van der Waals surface area contributed by atoms with Crippen LogP contribution in [-0.2, 0) is 4.79 Å². The second-order valence-electron chi connectivity index (χ2n) is 5.17. The van der Waals surface area contributed by atoms with Crippen molar-refractivity contribution >= 4 is 18.3 Å². The number of nitrogens with one attached hydrogen (secondary N) is 2. The van der Waals surface area contributed by atoms with E-state index in [1.54, 1.807) is 12.1 Å². The van der Waals surface area contributed by atoms with Crippen LogP contribution in [0.25, 0.3) is 0 Å². The first-order chi connectivity index (χ1) is 9.65. The lowest BCUT2D eigenvalue weighted by molar-refractivity contribution is -0.125. The molecule has 21 heavy (non-hydrogen) atoms. The summed E-state index contributed by atoms with van der Waals surface area (Å²) in [4.78, 5) is 11.9. The summed E-state index contributed by atoms with van der Waals surface area (Å²) < 4.78 is 18.6. The molecule has 1 amide bonds. The van der Waals surface area contributed by atoms with E-state index in [9.17, 15) is 9.18 Å². The molecule has 1 aliphatic heterocycles. The molecule has 6 heteroatoms. The lowest BCUT2D eigenvalue weighted by atomic mass is 9.99. The minimum Gasteiger partial charge on any atom is -0.489 e. The highest BCUT2D eigenvalue weighted by Crippen LogP contribution is 2.14. The SMILES string of the molecule is CC(CNC(=O)C1CCCNC1)Oc1cccc(F)c1.Cl. The van der Waals surface area contributed by atoms with Crippen LogP contribution in [0.2, 0.25) is 0 Å². The molecule has 0 spiro atoms. The van der Waals surface area contributed by atoms with Crippen molar-refractivity contribution in [1.82, 2.24) is 10.6 Å². The van der Waals surface area contributed by atoms with E-state index in [4.69, 9.17) is 4.74 Å². The molecule has 2 N–H and O–H groups in total. The highest BCUT2D eigenvalue weighted by atomic mass is 35.5. The zero-order valence-corrected chi connectivity index (χ0v) is 12.9. The van der Waals surface area contributed by atoms with Crippen LogP contribution < -0.4 is 15.4 Å². The van der Waals surface area contributed by atoms with E-state index < -0.39 is 0 Å². The summed E-state index contributed by atoms with van der Waals surface area (Å²) in [6, 6.07) is 6.01. The number of hydrogen-bond acceptors (Lipinski definition) is 3. The molecule has 118 valence electrons. The predicted molar refractivity (Wildman–Crippen MR) is 82.3 cm³/mol. The number of halogens is 2. The van der Waals surface area contributed by atoms with Gasteiger partial charge >= 0.3 is 0 Å². The molecule has 1 heterocycles. The number of carbonyl (C=O) groups is 1. The Bertz CT molecular complexity index is 453. The van der Waals surface area contributed by atoms with Crippen LogP contribution in [-0.4, -0.2) is 31.6 Å². The Kier molecular flexibility index (Phi) is 7.47. The monoisotopic (exact) mass is 316 g/mol. The molecular weight excluding hydrogens is 295 g/mol. The number of hydrogen-bond donors (Lipinski definition) is 2. The van der Waals surface area contributed by atoms with Gasteiger partial charge in [-0.3, -0.25) is 4.79 Å². The predicted octanol–water partition coefficient (Wildman–Crippen LogP) is 2.13. The Hall–Kier alpha value is -1.33. The van der Waals surface area contributed by atoms with E-state index in [0.717, 1.165) is 25.9 Å². The Morgan fingerprint density at radius 3 is 3.05 bits per heavy atom. The molecule has 2 rings (SSSR count). The van der Waals surface area contributed by atoms with Crippen LogP contribution in [0.4, 0.5) is 4.39 Å². The van der Waals surface area contributed by atoms with Gasteiger partial charge in [-0.25, -0.2) is 4.39 Å². The Balaban J connectivity index is 0.00000220. The average Bonchev–Trinajstić information content (AvgIpc) is 2.46. The maximum atomic E-state index is 13.0. The zero-order chi connectivity index (χ0) is 14.4. The number of carbonyl (C=O) groups excluding carboxylic acids is 1. The fraction of sp³-hybridized carbons (Fsp3) is 0.533. The summed E-state index contributed by atoms with van der Waals surface area (Å²) >= 11 is 0. The van der Waals surface area contributed by atoms with Crippen LogP contribution >= 0.6 is 12.4 Å². The molecule has 1 saturated heterocycles. The summed E-state index contributed by atoms with van der Waals surface area (Å²) in [5.41, 5.74) is 0. The largest absolute Gasteiger partial charge is 0.489 e. The quantitative estimate of drug-likeness (QED) is 0.875. The van der Waals surface area contributed by atoms with E-state index in [2.05, 4.69) is 10.6 Å². The minimum absolute atomic E-state index is 0. The van der Waals surface area contributed by atoms with Crippen LogP contribution in [0.1, 0.15) is 19.8 Å². The summed E-state index contributed by atoms with van der Waals surface area (Å²) in [5, 5.41) is 6.11. The van der Waals surface area contributed by atoms with Crippen LogP contribution in [0, 0.1) is 11.7 Å². The molecule has 0 aromatic heterocycles. The molecule has 0 radical (unpaired) electrons. The van der Waals surface area contributed by atoms with E-state index in [1.807, 2.05) is 6.92 Å². The van der Waals surface area contributed by atoms with Gasteiger partial charge in [0.05, 0.1) is 12.5 Å². The Labute approximate surface area is 130 Å². The van der Waals surface area contributed by atoms with Gasteiger partial charge < -0.3 is 15.4 Å². The third kappa shape index (κ3) is 5.89. The Morgan fingerprint density at radius 1 is 1.57 bits per heavy atom. The highest BCUT2D eigenvalue weighted by Gasteiger charge is 2.21. The first-order valence-corrected chi connectivity index (χ1v) is 7.06. The van der Waals surface area contributed by atoms with Gasteiger partial charge in [-0.1, -0.05) is 6.07 Å². The second-order valence-corrected chi connectivity index (χ2v) is 5.17. The van der Waals surface area contributed by atoms with E-state index in [0.29, 0.717) is 12.3 Å². The van der Waals surface area contributed by atoms with Gasteiger partial charge in [0.25, 0.3) is 0 Å². The van der Waals surface area contributed by atoms with Crippen molar-refractivity contribution in [2.24, 2.45) is 5.92 Å². The van der Waals surface area contributed by atoms with Gasteiger partial charge in [-0.15, -0.1) is 12.4 Å². The van der Waals surface area contributed by atoms with Crippen molar-refractivity contribution in [3.8, 4) is 5.75 Å². The van der Waals surface area contributed by atoms with Crippen LogP contribution in [0.15, 0.2) is 24.3 Å². The molecule has 2 unspecified atom stereocenters. The molecule has 0 aliphatic carbocycles. The number of rotatable bonds is 5. The average molecular weight is 317 g/mol. The molecule has 2 atom stereocenters. The van der Waals surface area contributed by atoms with Gasteiger partial charge in [-0.2, -0.15) is 0 Å². The fourth-order valence-corrected chi connectivity index (χ4v) is 2.28. The van der Waals surface area contributed by atoms with Gasteiger partial charge in [0.1, 0.15) is 17.7 Å². The van der Waals surface area contributed by atoms with Crippen molar-refractivity contribution in [1.29, 1.82) is 0 Å². The maximum absolute atomic E-state index is 13.0. The van der Waals surface area contributed by atoms with Gasteiger partial charge in [0, 0.05) is 12.6 Å². The molecule has 1 aromatic rings. The maximum Gasteiger partial charge on any atom is 0.224 e. The van der Waals surface area contributed by atoms with Crippen molar-refractivity contribution in [3.63, 3.8) is 0 Å². The second kappa shape index (κ2) is 8.85. The van der Waals surface area contributed by atoms with Crippen molar-refractivity contribution in [2.75, 3.05) is 19.6 Å². The van der Waals surface area contributed by atoms with Crippen LogP contribution in [0.5, 0.6) is 5.75 Å². The van der Waals surface area contributed by atoms with Gasteiger partial charge in [0.15, 0.2) is 0 Å².